The van der Waals surface area contributed by atoms with Gasteiger partial charge in [0.05, 0.1) is 17.9 Å². The van der Waals surface area contributed by atoms with E-state index in [-0.39, 0.29) is 23.9 Å². The predicted octanol–water partition coefficient (Wildman–Crippen LogP) is 3.59. The molecule has 1 unspecified atom stereocenters. The quantitative estimate of drug-likeness (QED) is 0.469. The van der Waals surface area contributed by atoms with E-state index >= 15 is 0 Å². The maximum Gasteiger partial charge on any atom is 0.265 e. The Kier molecular flexibility index (Phi) is 5.25. The number of thioether (sulfide) groups is 1. The molecule has 1 aliphatic heterocycles. The molecule has 156 valence electrons. The molecule has 1 N–H and O–H groups in total. The summed E-state index contributed by atoms with van der Waals surface area (Å²) < 4.78 is 3.24. The van der Waals surface area contributed by atoms with Crippen LogP contribution in [0.1, 0.15) is 18.0 Å². The summed E-state index contributed by atoms with van der Waals surface area (Å²) in [5, 5.41) is 8.88. The van der Waals surface area contributed by atoms with Crippen molar-refractivity contribution in [3.8, 4) is 5.69 Å². The number of amides is 1. The summed E-state index contributed by atoms with van der Waals surface area (Å²) in [6, 6.07) is 16.7. The zero-order valence-electron chi connectivity index (χ0n) is 16.4. The summed E-state index contributed by atoms with van der Waals surface area (Å²) in [6.45, 7) is 0.463. The van der Waals surface area contributed by atoms with Gasteiger partial charge in [-0.25, -0.2) is 9.67 Å². The van der Waals surface area contributed by atoms with Crippen molar-refractivity contribution in [1.29, 1.82) is 0 Å². The molecule has 1 aliphatic rings. The van der Waals surface area contributed by atoms with Crippen LogP contribution < -0.4 is 10.9 Å². The van der Waals surface area contributed by atoms with Crippen LogP contribution >= 0.6 is 23.4 Å². The molecule has 0 spiro atoms. The number of aromatic nitrogens is 4. The number of carbonyl (C=O) groups is 1. The highest BCUT2D eigenvalue weighted by atomic mass is 35.5. The number of carbonyl (C=O) groups excluding carboxylic acids is 1. The molecule has 0 bridgehead atoms. The molecule has 0 fully saturated rings. The second kappa shape index (κ2) is 8.20. The summed E-state index contributed by atoms with van der Waals surface area (Å²) in [4.78, 5) is 30.4. The second-order valence-corrected chi connectivity index (χ2v) is 8.70. The molecule has 5 rings (SSSR count). The molecule has 2 aromatic carbocycles. The van der Waals surface area contributed by atoms with E-state index in [0.29, 0.717) is 33.5 Å². The van der Waals surface area contributed by atoms with Crippen LogP contribution in [0.25, 0.3) is 16.7 Å². The molecule has 4 aromatic rings. The number of hydrogen-bond donors (Lipinski definition) is 1. The molecule has 3 heterocycles. The molecule has 7 nitrogen and oxygen atoms in total. The Balaban J connectivity index is 1.40. The average Bonchev–Trinajstić information content (AvgIpc) is 3.38. The molecule has 9 heteroatoms. The Morgan fingerprint density at radius 3 is 2.84 bits per heavy atom. The number of hydrogen-bond acceptors (Lipinski definition) is 5. The van der Waals surface area contributed by atoms with Crippen LogP contribution in [0.3, 0.4) is 0 Å². The zero-order chi connectivity index (χ0) is 21.4. The molecule has 0 saturated carbocycles. The van der Waals surface area contributed by atoms with Crippen molar-refractivity contribution in [3.05, 3.63) is 81.7 Å². The Hall–Kier alpha value is -3.10. The van der Waals surface area contributed by atoms with Gasteiger partial charge in [-0.2, -0.15) is 5.10 Å². The van der Waals surface area contributed by atoms with Crippen LogP contribution in [-0.4, -0.2) is 31.0 Å². The lowest BCUT2D eigenvalue weighted by molar-refractivity contribution is -0.121. The predicted molar refractivity (Wildman–Crippen MR) is 121 cm³/mol. The van der Waals surface area contributed by atoms with Crippen molar-refractivity contribution >= 4 is 40.3 Å². The first-order valence-corrected chi connectivity index (χ1v) is 11.2. The van der Waals surface area contributed by atoms with Crippen molar-refractivity contribution in [1.82, 2.24) is 24.6 Å². The van der Waals surface area contributed by atoms with E-state index < -0.39 is 0 Å². The van der Waals surface area contributed by atoms with Crippen LogP contribution in [0, 0.1) is 0 Å². The van der Waals surface area contributed by atoms with Crippen molar-refractivity contribution in [2.75, 3.05) is 5.75 Å². The van der Waals surface area contributed by atoms with Gasteiger partial charge in [0.15, 0.2) is 10.8 Å². The SMILES string of the molecule is O=C(CC1CSc2nc3c(cnn3-c3cccc(Cl)c3)c(=O)n21)NCc1ccccc1. The topological polar surface area (TPSA) is 81.8 Å². The molecule has 31 heavy (non-hydrogen) atoms. The van der Waals surface area contributed by atoms with Crippen LogP contribution in [0.5, 0.6) is 0 Å². The number of nitrogens with one attached hydrogen (secondary N) is 1. The van der Waals surface area contributed by atoms with Gasteiger partial charge in [0.1, 0.15) is 5.39 Å². The van der Waals surface area contributed by atoms with E-state index in [1.54, 1.807) is 21.4 Å². The standard InChI is InChI=1S/C22H18ClN5O2S/c23-15-7-4-8-16(9-15)28-20-18(12-25-28)21(30)27-17(13-31-22(27)26-20)10-19(29)24-11-14-5-2-1-3-6-14/h1-9,12,17H,10-11,13H2,(H,24,29). The first kappa shape index (κ1) is 19.8. The highest BCUT2D eigenvalue weighted by Gasteiger charge is 2.29. The fraction of sp³-hybridized carbons (Fsp3) is 0.182. The van der Waals surface area contributed by atoms with Gasteiger partial charge in [-0.05, 0) is 23.8 Å². The summed E-state index contributed by atoms with van der Waals surface area (Å²) in [5.41, 5.74) is 2.07. The normalized spacial score (nSPS) is 15.2. The summed E-state index contributed by atoms with van der Waals surface area (Å²) >= 11 is 7.58. The minimum Gasteiger partial charge on any atom is -0.352 e. The van der Waals surface area contributed by atoms with Crippen molar-refractivity contribution < 1.29 is 4.79 Å². The van der Waals surface area contributed by atoms with Crippen LogP contribution in [0.15, 0.2) is 70.7 Å². The molecular weight excluding hydrogens is 434 g/mol. The molecule has 0 radical (unpaired) electrons. The van der Waals surface area contributed by atoms with E-state index in [0.717, 1.165) is 11.3 Å². The van der Waals surface area contributed by atoms with E-state index in [4.69, 9.17) is 11.6 Å². The average molecular weight is 452 g/mol. The van der Waals surface area contributed by atoms with E-state index in [9.17, 15) is 9.59 Å². The summed E-state index contributed by atoms with van der Waals surface area (Å²) in [7, 11) is 0. The van der Waals surface area contributed by atoms with Gasteiger partial charge in [0, 0.05) is 23.7 Å². The van der Waals surface area contributed by atoms with Crippen molar-refractivity contribution in [2.45, 2.75) is 24.2 Å². The summed E-state index contributed by atoms with van der Waals surface area (Å²) in [5.74, 6) is 0.530. The van der Waals surface area contributed by atoms with E-state index in [2.05, 4.69) is 15.4 Å². The molecule has 2 aromatic heterocycles. The maximum absolute atomic E-state index is 13.2. The number of fused-ring (bicyclic) bond motifs is 2. The Morgan fingerprint density at radius 2 is 2.03 bits per heavy atom. The molecule has 0 saturated heterocycles. The summed E-state index contributed by atoms with van der Waals surface area (Å²) in [6.07, 6.45) is 1.75. The third kappa shape index (κ3) is 3.84. The monoisotopic (exact) mass is 451 g/mol. The molecule has 1 atom stereocenters. The van der Waals surface area contributed by atoms with Crippen molar-refractivity contribution in [2.24, 2.45) is 0 Å². The lowest BCUT2D eigenvalue weighted by Crippen LogP contribution is -2.30. The van der Waals surface area contributed by atoms with Crippen molar-refractivity contribution in [3.63, 3.8) is 0 Å². The van der Waals surface area contributed by atoms with Gasteiger partial charge in [-0.1, -0.05) is 59.8 Å². The van der Waals surface area contributed by atoms with Gasteiger partial charge in [0.2, 0.25) is 5.91 Å². The number of rotatable bonds is 5. The van der Waals surface area contributed by atoms with E-state index in [1.165, 1.54) is 18.0 Å². The third-order valence-corrected chi connectivity index (χ3v) is 6.51. The first-order valence-electron chi connectivity index (χ1n) is 9.80. The minimum absolute atomic E-state index is 0.0936. The highest BCUT2D eigenvalue weighted by Crippen LogP contribution is 2.33. The molecule has 1 amide bonds. The Bertz CT molecular complexity index is 1330. The zero-order valence-corrected chi connectivity index (χ0v) is 17.9. The van der Waals surface area contributed by atoms with Gasteiger partial charge >= 0.3 is 0 Å². The van der Waals surface area contributed by atoms with Crippen LogP contribution in [-0.2, 0) is 11.3 Å². The van der Waals surface area contributed by atoms with Gasteiger partial charge in [0.25, 0.3) is 5.56 Å². The first-order chi connectivity index (χ1) is 15.1. The van der Waals surface area contributed by atoms with Gasteiger partial charge < -0.3 is 5.32 Å². The molecular formula is C22H18ClN5O2S. The number of halogens is 1. The lowest BCUT2D eigenvalue weighted by Gasteiger charge is -2.13. The fourth-order valence-electron chi connectivity index (χ4n) is 3.66. The fourth-order valence-corrected chi connectivity index (χ4v) is 4.98. The third-order valence-electron chi connectivity index (χ3n) is 5.18. The maximum atomic E-state index is 13.2. The van der Waals surface area contributed by atoms with Crippen LogP contribution in [0.2, 0.25) is 5.02 Å². The lowest BCUT2D eigenvalue weighted by atomic mass is 10.2. The molecule has 0 aliphatic carbocycles. The second-order valence-electron chi connectivity index (χ2n) is 7.27. The largest absolute Gasteiger partial charge is 0.352 e. The Labute approximate surface area is 187 Å². The highest BCUT2D eigenvalue weighted by molar-refractivity contribution is 7.99. The Morgan fingerprint density at radius 1 is 1.19 bits per heavy atom. The van der Waals surface area contributed by atoms with Crippen LogP contribution in [0.4, 0.5) is 0 Å². The minimum atomic E-state index is -0.241. The van der Waals surface area contributed by atoms with Gasteiger partial charge in [-0.15, -0.1) is 0 Å². The van der Waals surface area contributed by atoms with E-state index in [1.807, 2.05) is 42.5 Å². The number of benzene rings is 2. The van der Waals surface area contributed by atoms with Gasteiger partial charge in [-0.3, -0.25) is 14.2 Å². The number of nitrogens with zero attached hydrogens (tertiary/aromatic N) is 4. The smallest absolute Gasteiger partial charge is 0.265 e.